The summed E-state index contributed by atoms with van der Waals surface area (Å²) in [5, 5.41) is 0. The van der Waals surface area contributed by atoms with Crippen molar-refractivity contribution >= 4 is 16.7 Å². The third-order valence-electron chi connectivity index (χ3n) is 4.72. The second-order valence-corrected chi connectivity index (χ2v) is 6.60. The summed E-state index contributed by atoms with van der Waals surface area (Å²) in [6.07, 6.45) is 2.78. The van der Waals surface area contributed by atoms with Gasteiger partial charge in [0.15, 0.2) is 0 Å². The Labute approximate surface area is 119 Å². The zero-order chi connectivity index (χ0) is 14.5. The van der Waals surface area contributed by atoms with E-state index in [4.69, 9.17) is 0 Å². The van der Waals surface area contributed by atoms with Crippen LogP contribution in [0.1, 0.15) is 34.1 Å². The van der Waals surface area contributed by atoms with Crippen LogP contribution >= 0.6 is 0 Å². The summed E-state index contributed by atoms with van der Waals surface area (Å²) >= 11 is 0. The molecule has 3 rings (SSSR count). The highest BCUT2D eigenvalue weighted by molar-refractivity contribution is 5.80. The van der Waals surface area contributed by atoms with E-state index >= 15 is 0 Å². The van der Waals surface area contributed by atoms with Crippen LogP contribution in [0.4, 0.5) is 4.39 Å². The zero-order valence-electron chi connectivity index (χ0n) is 12.5. The monoisotopic (exact) mass is 272 g/mol. The molecule has 0 aliphatic heterocycles. The summed E-state index contributed by atoms with van der Waals surface area (Å²) in [7, 11) is 0. The number of rotatable bonds is 2. The number of halogens is 1. The summed E-state index contributed by atoms with van der Waals surface area (Å²) in [6.45, 7) is 8.91. The Kier molecular flexibility index (Phi) is 2.96. The molecule has 1 aliphatic carbocycles. The first-order valence-corrected chi connectivity index (χ1v) is 7.27. The van der Waals surface area contributed by atoms with Gasteiger partial charge in [0.2, 0.25) is 0 Å². The van der Waals surface area contributed by atoms with Gasteiger partial charge in [0.25, 0.3) is 6.08 Å². The number of hydrogen-bond donors (Lipinski definition) is 0. The lowest BCUT2D eigenvalue weighted by Crippen LogP contribution is -2.27. The van der Waals surface area contributed by atoms with Gasteiger partial charge in [0.05, 0.1) is 11.0 Å². The normalized spacial score (nSPS) is 21.7. The molecule has 0 saturated carbocycles. The van der Waals surface area contributed by atoms with E-state index in [1.165, 1.54) is 0 Å². The molecular weight excluding hydrogens is 251 g/mol. The van der Waals surface area contributed by atoms with Crippen molar-refractivity contribution in [3.05, 3.63) is 36.4 Å². The summed E-state index contributed by atoms with van der Waals surface area (Å²) in [4.78, 5) is 4.05. The molecule has 1 aliphatic rings. The number of imidazole rings is 1. The van der Waals surface area contributed by atoms with Crippen LogP contribution in [0.3, 0.4) is 0 Å². The number of para-hydroxylation sites is 2. The fraction of sp³-hybridized carbons (Fsp3) is 0.471. The average Bonchev–Trinajstić information content (AvgIpc) is 2.84. The molecule has 20 heavy (non-hydrogen) atoms. The van der Waals surface area contributed by atoms with E-state index in [1.54, 1.807) is 4.57 Å². The second kappa shape index (κ2) is 4.44. The van der Waals surface area contributed by atoms with E-state index in [2.05, 4.69) is 38.8 Å². The quantitative estimate of drug-likeness (QED) is 0.773. The molecular formula is C17H21FN2. The molecule has 1 atom stereocenters. The highest BCUT2D eigenvalue weighted by Crippen LogP contribution is 2.49. The van der Waals surface area contributed by atoms with Gasteiger partial charge in [-0.05, 0) is 30.4 Å². The van der Waals surface area contributed by atoms with Crippen molar-refractivity contribution < 1.29 is 4.39 Å². The fourth-order valence-electron chi connectivity index (χ4n) is 3.70. The maximum atomic E-state index is 14.3. The van der Waals surface area contributed by atoms with E-state index in [-0.39, 0.29) is 5.41 Å². The molecule has 0 radical (unpaired) electrons. The Bertz CT molecular complexity index is 679. The van der Waals surface area contributed by atoms with Crippen molar-refractivity contribution in [1.29, 1.82) is 0 Å². The number of allylic oxidation sites excluding steroid dienone is 2. The van der Waals surface area contributed by atoms with E-state index in [1.807, 2.05) is 24.3 Å². The lowest BCUT2D eigenvalue weighted by atomic mass is 9.74. The Balaban J connectivity index is 2.15. The molecule has 1 aromatic carbocycles. The number of hydrogen-bond acceptors (Lipinski definition) is 1. The molecule has 0 N–H and O–H groups in total. The number of fused-ring (bicyclic) bond motifs is 1. The van der Waals surface area contributed by atoms with Crippen LogP contribution in [0.2, 0.25) is 0 Å². The second-order valence-electron chi connectivity index (χ2n) is 6.60. The van der Waals surface area contributed by atoms with E-state index < -0.39 is 6.08 Å². The maximum Gasteiger partial charge on any atom is 0.294 e. The van der Waals surface area contributed by atoms with Crippen LogP contribution in [-0.4, -0.2) is 9.55 Å². The molecule has 2 aromatic rings. The Morgan fingerprint density at radius 1 is 1.30 bits per heavy atom. The summed E-state index contributed by atoms with van der Waals surface area (Å²) in [5.41, 5.74) is 2.57. The van der Waals surface area contributed by atoms with Gasteiger partial charge in [-0.2, -0.15) is 4.39 Å². The largest absolute Gasteiger partial charge is 0.294 e. The Hall–Kier alpha value is -1.64. The van der Waals surface area contributed by atoms with Crippen molar-refractivity contribution in [3.8, 4) is 0 Å². The van der Waals surface area contributed by atoms with Gasteiger partial charge >= 0.3 is 0 Å². The van der Waals surface area contributed by atoms with Crippen LogP contribution in [0, 0.1) is 23.3 Å². The summed E-state index contributed by atoms with van der Waals surface area (Å²) in [5.74, 6) is 1.12. The molecule has 0 spiro atoms. The summed E-state index contributed by atoms with van der Waals surface area (Å²) in [6, 6.07) is 7.62. The van der Waals surface area contributed by atoms with Gasteiger partial charge in [-0.3, -0.25) is 4.57 Å². The zero-order valence-corrected chi connectivity index (χ0v) is 12.5. The van der Waals surface area contributed by atoms with Crippen molar-refractivity contribution in [2.45, 2.75) is 34.1 Å². The molecule has 0 fully saturated rings. The maximum absolute atomic E-state index is 14.3. The van der Waals surface area contributed by atoms with Crippen LogP contribution in [0.15, 0.2) is 30.3 Å². The molecule has 1 unspecified atom stereocenters. The van der Waals surface area contributed by atoms with E-state index in [0.29, 0.717) is 11.8 Å². The van der Waals surface area contributed by atoms with Crippen molar-refractivity contribution in [1.82, 2.24) is 9.55 Å². The van der Waals surface area contributed by atoms with Crippen molar-refractivity contribution in [3.63, 3.8) is 0 Å². The molecule has 2 nitrogen and oxygen atoms in total. The predicted octanol–water partition coefficient (Wildman–Crippen LogP) is 4.72. The van der Waals surface area contributed by atoms with E-state index in [9.17, 15) is 4.39 Å². The molecule has 0 bridgehead atoms. The molecule has 3 heteroatoms. The third kappa shape index (κ3) is 1.80. The van der Waals surface area contributed by atoms with Gasteiger partial charge < -0.3 is 0 Å². The predicted molar refractivity (Wildman–Crippen MR) is 80.7 cm³/mol. The molecule has 106 valence electrons. The number of aromatic nitrogens is 2. The Morgan fingerprint density at radius 2 is 2.00 bits per heavy atom. The van der Waals surface area contributed by atoms with Gasteiger partial charge in [0.1, 0.15) is 0 Å². The first-order valence-electron chi connectivity index (χ1n) is 7.27. The number of benzene rings is 1. The molecule has 0 saturated heterocycles. The minimum absolute atomic E-state index is 0.0432. The van der Waals surface area contributed by atoms with Crippen LogP contribution in [-0.2, 0) is 0 Å². The van der Waals surface area contributed by atoms with Crippen LogP contribution < -0.4 is 0 Å². The van der Waals surface area contributed by atoms with Crippen molar-refractivity contribution in [2.24, 2.45) is 17.3 Å². The first-order chi connectivity index (χ1) is 9.43. The highest BCUT2D eigenvalue weighted by Gasteiger charge is 2.41. The SMILES string of the molecule is CC(C)C1CC=C(n2c(F)nc3ccccc32)C1(C)C. The average molecular weight is 272 g/mol. The van der Waals surface area contributed by atoms with Crippen LogP contribution in [0.25, 0.3) is 16.7 Å². The summed E-state index contributed by atoms with van der Waals surface area (Å²) < 4.78 is 16.0. The molecule has 1 aromatic heterocycles. The van der Waals surface area contributed by atoms with Gasteiger partial charge in [-0.15, -0.1) is 0 Å². The minimum Gasteiger partial charge on any atom is -0.272 e. The minimum atomic E-state index is -0.407. The van der Waals surface area contributed by atoms with Gasteiger partial charge in [-0.1, -0.05) is 45.9 Å². The highest BCUT2D eigenvalue weighted by atomic mass is 19.1. The van der Waals surface area contributed by atoms with Gasteiger partial charge in [0, 0.05) is 11.1 Å². The fourth-order valence-corrected chi connectivity index (χ4v) is 3.70. The van der Waals surface area contributed by atoms with Crippen molar-refractivity contribution in [2.75, 3.05) is 0 Å². The van der Waals surface area contributed by atoms with Crippen LogP contribution in [0.5, 0.6) is 0 Å². The first kappa shape index (κ1) is 13.3. The molecule has 1 heterocycles. The van der Waals surface area contributed by atoms with E-state index in [0.717, 1.165) is 23.2 Å². The number of nitrogens with zero attached hydrogens (tertiary/aromatic N) is 2. The topological polar surface area (TPSA) is 17.8 Å². The molecule has 0 amide bonds. The van der Waals surface area contributed by atoms with Gasteiger partial charge in [-0.25, -0.2) is 4.98 Å². The lowest BCUT2D eigenvalue weighted by Gasteiger charge is -2.34. The Morgan fingerprint density at radius 3 is 2.65 bits per heavy atom. The standard InChI is InChI=1S/C17H21FN2/c1-11(2)12-9-10-15(17(12,3)4)20-14-8-6-5-7-13(14)19-16(20)18/h5-8,10-12H,9H2,1-4H3. The third-order valence-corrected chi connectivity index (χ3v) is 4.72. The lowest BCUT2D eigenvalue weighted by molar-refractivity contribution is 0.234. The smallest absolute Gasteiger partial charge is 0.272 e.